The van der Waals surface area contributed by atoms with Crippen LogP contribution in [0.25, 0.3) is 10.8 Å². The number of nitrogens with one attached hydrogen (secondary N) is 1. The van der Waals surface area contributed by atoms with Crippen LogP contribution in [0.4, 0.5) is 9.52 Å². The van der Waals surface area contributed by atoms with Gasteiger partial charge in [0, 0.05) is 0 Å². The second-order valence-electron chi connectivity index (χ2n) is 7.87. The molecule has 3 heterocycles. The van der Waals surface area contributed by atoms with E-state index in [1.54, 1.807) is 35.7 Å². The van der Waals surface area contributed by atoms with Gasteiger partial charge in [0.2, 0.25) is 0 Å². The third-order valence-electron chi connectivity index (χ3n) is 5.96. The Morgan fingerprint density at radius 1 is 1.16 bits per heavy atom. The molecule has 4 aromatic rings. The van der Waals surface area contributed by atoms with E-state index in [2.05, 4.69) is 20.1 Å². The standard InChI is InChI=1S/C22H22FN4O2PS/c23-18-6-5-15(13-19-16-3-1-2-4-17(16)21(28)26-25-19)14-20(18)30(29)10-8-27(9-11-30)22-24-7-12-31-22/h1-7,12,14,29-30H,8-11,13H2,(H,26,28). The quantitative estimate of drug-likeness (QED) is 0.462. The van der Waals surface area contributed by atoms with Gasteiger partial charge in [-0.05, 0) is 0 Å². The zero-order valence-electron chi connectivity index (χ0n) is 16.7. The van der Waals surface area contributed by atoms with E-state index < -0.39 is 7.49 Å². The Bertz CT molecular complexity index is 1290. The molecule has 0 radical (unpaired) electrons. The zero-order valence-corrected chi connectivity index (χ0v) is 18.5. The number of thiazole rings is 1. The van der Waals surface area contributed by atoms with E-state index in [0.717, 1.165) is 21.8 Å². The molecule has 0 aliphatic carbocycles. The molecule has 9 heteroatoms. The molecule has 0 amide bonds. The molecule has 160 valence electrons. The summed E-state index contributed by atoms with van der Waals surface area (Å²) in [6.07, 6.45) is 3.34. The van der Waals surface area contributed by atoms with Gasteiger partial charge in [0.25, 0.3) is 0 Å². The summed E-state index contributed by atoms with van der Waals surface area (Å²) in [6, 6.07) is 12.3. The van der Waals surface area contributed by atoms with Gasteiger partial charge < -0.3 is 0 Å². The van der Waals surface area contributed by atoms with Crippen molar-refractivity contribution in [1.29, 1.82) is 0 Å². The average Bonchev–Trinajstić information content (AvgIpc) is 3.32. The maximum atomic E-state index is 14.8. The summed E-state index contributed by atoms with van der Waals surface area (Å²) < 4.78 is 14.8. The number of hydrogen-bond donors (Lipinski definition) is 2. The fourth-order valence-electron chi connectivity index (χ4n) is 4.25. The number of benzene rings is 2. The number of fused-ring (bicyclic) bond motifs is 1. The predicted molar refractivity (Wildman–Crippen MR) is 126 cm³/mol. The molecule has 0 saturated carbocycles. The summed E-state index contributed by atoms with van der Waals surface area (Å²) >= 11 is 1.58. The number of aromatic nitrogens is 3. The number of aromatic amines is 1. The summed E-state index contributed by atoms with van der Waals surface area (Å²) in [4.78, 5) is 30.0. The van der Waals surface area contributed by atoms with E-state index in [1.807, 2.05) is 23.6 Å². The van der Waals surface area contributed by atoms with Crippen LogP contribution in [-0.2, 0) is 6.42 Å². The molecule has 1 fully saturated rings. The van der Waals surface area contributed by atoms with Gasteiger partial charge in [-0.2, -0.15) is 0 Å². The van der Waals surface area contributed by atoms with Crippen molar-refractivity contribution in [3.63, 3.8) is 0 Å². The van der Waals surface area contributed by atoms with E-state index >= 15 is 0 Å². The van der Waals surface area contributed by atoms with Crippen molar-refractivity contribution in [2.24, 2.45) is 0 Å². The van der Waals surface area contributed by atoms with Crippen LogP contribution in [0.5, 0.6) is 0 Å². The van der Waals surface area contributed by atoms with Crippen LogP contribution in [0.15, 0.2) is 58.8 Å². The molecule has 1 saturated heterocycles. The summed E-state index contributed by atoms with van der Waals surface area (Å²) in [5, 5.41) is 11.5. The molecule has 1 aliphatic rings. The molecule has 2 aromatic heterocycles. The summed E-state index contributed by atoms with van der Waals surface area (Å²) in [6.45, 7) is 1.35. The molecule has 1 aliphatic heterocycles. The SMILES string of the molecule is O=c1[nH]nc(Cc2ccc(F)c([PH]3(O)CCN(c4nccs4)CC3)c2)c2ccccc12. The van der Waals surface area contributed by atoms with Gasteiger partial charge >= 0.3 is 183 Å². The Labute approximate surface area is 182 Å². The first-order valence-corrected chi connectivity index (χ1v) is 13.4. The van der Waals surface area contributed by atoms with Crippen LogP contribution in [0.2, 0.25) is 0 Å². The van der Waals surface area contributed by atoms with Gasteiger partial charge in [-0.15, -0.1) is 0 Å². The topological polar surface area (TPSA) is 82.1 Å². The Morgan fingerprint density at radius 2 is 1.94 bits per heavy atom. The second-order valence-corrected chi connectivity index (χ2v) is 12.3. The predicted octanol–water partition coefficient (Wildman–Crippen LogP) is 2.91. The third-order valence-corrected chi connectivity index (χ3v) is 10.3. The number of nitrogens with zero attached hydrogens (tertiary/aromatic N) is 3. The first-order valence-electron chi connectivity index (χ1n) is 10.2. The fourth-order valence-corrected chi connectivity index (χ4v) is 8.00. The number of rotatable bonds is 4. The fraction of sp³-hybridized carbons (Fsp3) is 0.227. The van der Waals surface area contributed by atoms with Crippen LogP contribution in [0, 0.1) is 5.82 Å². The maximum absolute atomic E-state index is 14.8. The number of H-pyrrole nitrogens is 1. The van der Waals surface area contributed by atoms with E-state index in [1.165, 1.54) is 6.07 Å². The average molecular weight is 456 g/mol. The molecule has 2 N–H and O–H groups in total. The van der Waals surface area contributed by atoms with Gasteiger partial charge in [0.1, 0.15) is 0 Å². The Balaban J connectivity index is 1.43. The van der Waals surface area contributed by atoms with Crippen molar-refractivity contribution in [1.82, 2.24) is 15.2 Å². The molecule has 0 unspecified atom stereocenters. The number of halogens is 1. The Hall–Kier alpha value is -2.67. The first kappa shape index (κ1) is 20.2. The van der Waals surface area contributed by atoms with Crippen LogP contribution >= 0.6 is 18.8 Å². The molecule has 0 spiro atoms. The van der Waals surface area contributed by atoms with Crippen molar-refractivity contribution in [3.8, 4) is 0 Å². The molecule has 0 atom stereocenters. The summed E-state index contributed by atoms with van der Waals surface area (Å²) in [5.41, 5.74) is 1.36. The van der Waals surface area contributed by atoms with Gasteiger partial charge in [-0.25, -0.2) is 0 Å². The Morgan fingerprint density at radius 3 is 2.68 bits per heavy atom. The van der Waals surface area contributed by atoms with Gasteiger partial charge in [0.05, 0.1) is 0 Å². The van der Waals surface area contributed by atoms with E-state index in [-0.39, 0.29) is 11.4 Å². The van der Waals surface area contributed by atoms with E-state index in [0.29, 0.717) is 42.5 Å². The van der Waals surface area contributed by atoms with Gasteiger partial charge in [0.15, 0.2) is 0 Å². The number of anilines is 1. The monoisotopic (exact) mass is 456 g/mol. The van der Waals surface area contributed by atoms with Crippen LogP contribution in [0.3, 0.4) is 0 Å². The minimum absolute atomic E-state index is 0.229. The van der Waals surface area contributed by atoms with Crippen LogP contribution in [0.1, 0.15) is 11.3 Å². The molecule has 31 heavy (non-hydrogen) atoms. The first-order chi connectivity index (χ1) is 15.0. The molecular formula is C22H22FN4O2PS. The van der Waals surface area contributed by atoms with Gasteiger partial charge in [-0.3, -0.25) is 0 Å². The van der Waals surface area contributed by atoms with Crippen LogP contribution in [-0.4, -0.2) is 45.5 Å². The van der Waals surface area contributed by atoms with E-state index in [4.69, 9.17) is 0 Å². The summed E-state index contributed by atoms with van der Waals surface area (Å²) in [7, 11) is -2.94. The van der Waals surface area contributed by atoms with Crippen molar-refractivity contribution in [2.45, 2.75) is 6.42 Å². The molecule has 5 rings (SSSR count). The van der Waals surface area contributed by atoms with Crippen molar-refractivity contribution in [3.05, 3.63) is 81.5 Å². The van der Waals surface area contributed by atoms with Crippen molar-refractivity contribution < 1.29 is 9.28 Å². The van der Waals surface area contributed by atoms with Crippen molar-refractivity contribution >= 4 is 40.0 Å². The normalized spacial score (nSPS) is 17.0. The van der Waals surface area contributed by atoms with Crippen molar-refractivity contribution in [2.75, 3.05) is 30.3 Å². The molecule has 0 bridgehead atoms. The third kappa shape index (κ3) is 3.87. The molecule has 2 aromatic carbocycles. The molecule has 6 nitrogen and oxygen atoms in total. The minimum atomic E-state index is -2.94. The van der Waals surface area contributed by atoms with Gasteiger partial charge in [-0.1, -0.05) is 0 Å². The van der Waals surface area contributed by atoms with Crippen LogP contribution < -0.4 is 15.8 Å². The summed E-state index contributed by atoms with van der Waals surface area (Å²) in [5.74, 6) is -0.347. The second kappa shape index (κ2) is 8.11. The van der Waals surface area contributed by atoms with E-state index in [9.17, 15) is 14.1 Å². The zero-order chi connectivity index (χ0) is 21.4. The number of hydrogen-bond acceptors (Lipinski definition) is 6. The molecular weight excluding hydrogens is 434 g/mol. The Kier molecular flexibility index (Phi) is 5.30.